The van der Waals surface area contributed by atoms with Crippen LogP contribution in [-0.4, -0.2) is 26.0 Å². The van der Waals surface area contributed by atoms with Crippen LogP contribution in [0.25, 0.3) is 0 Å². The molecule has 0 radical (unpaired) electrons. The second-order valence-electron chi connectivity index (χ2n) is 4.09. The average Bonchev–Trinajstić information content (AvgIpc) is 2.37. The Morgan fingerprint density at radius 3 is 2.88 bits per heavy atom. The average molecular weight is 221 g/mol. The standard InChI is InChI=1S/C13H19NO2/c1-2-5-12(6-3-1)10-15-11-16-13-7-4-8-14-9-13/h1-3,5-6,13-14H,4,7-11H2. The first kappa shape index (κ1) is 11.6. The third-order valence-electron chi connectivity index (χ3n) is 2.75. The summed E-state index contributed by atoms with van der Waals surface area (Å²) in [6, 6.07) is 10.2. The largest absolute Gasteiger partial charge is 0.351 e. The molecule has 0 aliphatic carbocycles. The Morgan fingerprint density at radius 2 is 2.12 bits per heavy atom. The summed E-state index contributed by atoms with van der Waals surface area (Å²) in [7, 11) is 0. The fourth-order valence-corrected chi connectivity index (χ4v) is 1.84. The zero-order chi connectivity index (χ0) is 11.1. The molecule has 1 N–H and O–H groups in total. The second kappa shape index (κ2) is 6.63. The minimum atomic E-state index is 0.324. The maximum Gasteiger partial charge on any atom is 0.147 e. The zero-order valence-corrected chi connectivity index (χ0v) is 9.52. The molecular formula is C13H19NO2. The van der Waals surface area contributed by atoms with Crippen LogP contribution in [0.2, 0.25) is 0 Å². The number of rotatable bonds is 5. The molecule has 88 valence electrons. The van der Waals surface area contributed by atoms with Gasteiger partial charge in [0.2, 0.25) is 0 Å². The molecule has 0 saturated carbocycles. The van der Waals surface area contributed by atoms with Crippen molar-refractivity contribution in [2.75, 3.05) is 19.9 Å². The molecule has 2 rings (SSSR count). The maximum absolute atomic E-state index is 5.62. The van der Waals surface area contributed by atoms with Gasteiger partial charge < -0.3 is 14.8 Å². The van der Waals surface area contributed by atoms with Gasteiger partial charge in [-0.15, -0.1) is 0 Å². The molecule has 0 aromatic heterocycles. The number of ether oxygens (including phenoxy) is 2. The van der Waals surface area contributed by atoms with Crippen LogP contribution in [0, 0.1) is 0 Å². The van der Waals surface area contributed by atoms with Crippen molar-refractivity contribution in [3.63, 3.8) is 0 Å². The summed E-state index contributed by atoms with van der Waals surface area (Å²) in [6.07, 6.45) is 2.66. The van der Waals surface area contributed by atoms with Crippen molar-refractivity contribution in [2.45, 2.75) is 25.6 Å². The van der Waals surface area contributed by atoms with E-state index in [0.717, 1.165) is 19.5 Å². The van der Waals surface area contributed by atoms with Crippen LogP contribution in [0.15, 0.2) is 30.3 Å². The van der Waals surface area contributed by atoms with Gasteiger partial charge in [0.05, 0.1) is 12.7 Å². The molecule has 1 aliphatic heterocycles. The summed E-state index contributed by atoms with van der Waals surface area (Å²) in [5.41, 5.74) is 1.19. The van der Waals surface area contributed by atoms with E-state index in [1.807, 2.05) is 18.2 Å². The minimum Gasteiger partial charge on any atom is -0.351 e. The SMILES string of the molecule is c1ccc(COCOC2CCCNC2)cc1. The number of hydrogen-bond acceptors (Lipinski definition) is 3. The quantitative estimate of drug-likeness (QED) is 0.609. The van der Waals surface area contributed by atoms with Gasteiger partial charge in [-0.25, -0.2) is 0 Å². The molecule has 3 nitrogen and oxygen atoms in total. The first-order valence-corrected chi connectivity index (χ1v) is 5.89. The molecule has 1 aromatic carbocycles. The monoisotopic (exact) mass is 221 g/mol. The summed E-state index contributed by atoms with van der Waals surface area (Å²) in [6.45, 7) is 3.08. The lowest BCUT2D eigenvalue weighted by molar-refractivity contribution is -0.100. The van der Waals surface area contributed by atoms with Crippen molar-refractivity contribution in [1.82, 2.24) is 5.32 Å². The van der Waals surface area contributed by atoms with Crippen LogP contribution in [0.3, 0.4) is 0 Å². The minimum absolute atomic E-state index is 0.324. The summed E-state index contributed by atoms with van der Waals surface area (Å²) in [5, 5.41) is 3.31. The number of benzene rings is 1. The van der Waals surface area contributed by atoms with Crippen molar-refractivity contribution in [2.24, 2.45) is 0 Å². The molecule has 3 heteroatoms. The van der Waals surface area contributed by atoms with Crippen LogP contribution in [-0.2, 0) is 16.1 Å². The van der Waals surface area contributed by atoms with E-state index in [-0.39, 0.29) is 0 Å². The van der Waals surface area contributed by atoms with E-state index in [0.29, 0.717) is 19.5 Å². The lowest BCUT2D eigenvalue weighted by atomic mass is 10.1. The Hall–Kier alpha value is -0.900. The predicted octanol–water partition coefficient (Wildman–Crippen LogP) is 1.93. The first-order valence-electron chi connectivity index (χ1n) is 5.89. The second-order valence-corrected chi connectivity index (χ2v) is 4.09. The lowest BCUT2D eigenvalue weighted by Gasteiger charge is -2.22. The van der Waals surface area contributed by atoms with Gasteiger partial charge in [-0.05, 0) is 24.9 Å². The van der Waals surface area contributed by atoms with Crippen molar-refractivity contribution < 1.29 is 9.47 Å². The Labute approximate surface area is 96.8 Å². The topological polar surface area (TPSA) is 30.5 Å². The molecule has 16 heavy (non-hydrogen) atoms. The molecule has 1 atom stereocenters. The Morgan fingerprint density at radius 1 is 1.25 bits per heavy atom. The predicted molar refractivity (Wildman–Crippen MR) is 63.1 cm³/mol. The summed E-state index contributed by atoms with van der Waals surface area (Å²) in [5.74, 6) is 0. The third-order valence-corrected chi connectivity index (χ3v) is 2.75. The number of nitrogens with one attached hydrogen (secondary N) is 1. The van der Waals surface area contributed by atoms with Crippen LogP contribution in [0.5, 0.6) is 0 Å². The summed E-state index contributed by atoms with van der Waals surface area (Å²) < 4.78 is 11.1. The van der Waals surface area contributed by atoms with E-state index < -0.39 is 0 Å². The first-order chi connectivity index (χ1) is 7.95. The van der Waals surface area contributed by atoms with Gasteiger partial charge in [-0.2, -0.15) is 0 Å². The number of hydrogen-bond donors (Lipinski definition) is 1. The van der Waals surface area contributed by atoms with Gasteiger partial charge >= 0.3 is 0 Å². The van der Waals surface area contributed by atoms with E-state index in [1.165, 1.54) is 12.0 Å². The van der Waals surface area contributed by atoms with Gasteiger partial charge in [0, 0.05) is 6.54 Å². The molecule has 1 aromatic rings. The van der Waals surface area contributed by atoms with E-state index in [4.69, 9.17) is 9.47 Å². The fraction of sp³-hybridized carbons (Fsp3) is 0.538. The zero-order valence-electron chi connectivity index (χ0n) is 9.52. The summed E-state index contributed by atoms with van der Waals surface area (Å²) in [4.78, 5) is 0. The van der Waals surface area contributed by atoms with Gasteiger partial charge in [0.15, 0.2) is 0 Å². The highest BCUT2D eigenvalue weighted by molar-refractivity contribution is 5.13. The molecule has 1 fully saturated rings. The van der Waals surface area contributed by atoms with Crippen LogP contribution < -0.4 is 5.32 Å². The molecule has 1 heterocycles. The van der Waals surface area contributed by atoms with Crippen molar-refractivity contribution in [3.05, 3.63) is 35.9 Å². The highest BCUT2D eigenvalue weighted by Crippen LogP contribution is 2.06. The number of piperidine rings is 1. The van der Waals surface area contributed by atoms with Gasteiger partial charge in [-0.3, -0.25) is 0 Å². The van der Waals surface area contributed by atoms with Crippen LogP contribution >= 0.6 is 0 Å². The van der Waals surface area contributed by atoms with Crippen LogP contribution in [0.4, 0.5) is 0 Å². The van der Waals surface area contributed by atoms with E-state index in [2.05, 4.69) is 17.4 Å². The highest BCUT2D eigenvalue weighted by atomic mass is 16.7. The molecular weight excluding hydrogens is 202 g/mol. The lowest BCUT2D eigenvalue weighted by Crippen LogP contribution is -2.35. The van der Waals surface area contributed by atoms with Crippen molar-refractivity contribution >= 4 is 0 Å². The van der Waals surface area contributed by atoms with Crippen molar-refractivity contribution in [3.8, 4) is 0 Å². The van der Waals surface area contributed by atoms with Crippen molar-refractivity contribution in [1.29, 1.82) is 0 Å². The van der Waals surface area contributed by atoms with Crippen LogP contribution in [0.1, 0.15) is 18.4 Å². The smallest absolute Gasteiger partial charge is 0.147 e. The van der Waals surface area contributed by atoms with Gasteiger partial charge in [0.25, 0.3) is 0 Å². The maximum atomic E-state index is 5.62. The third kappa shape index (κ3) is 3.93. The molecule has 0 spiro atoms. The fourth-order valence-electron chi connectivity index (χ4n) is 1.84. The normalized spacial score (nSPS) is 20.9. The molecule has 1 saturated heterocycles. The summed E-state index contributed by atoms with van der Waals surface area (Å²) >= 11 is 0. The highest BCUT2D eigenvalue weighted by Gasteiger charge is 2.12. The van der Waals surface area contributed by atoms with E-state index >= 15 is 0 Å². The molecule has 0 amide bonds. The molecule has 0 bridgehead atoms. The Balaban J connectivity index is 1.58. The van der Waals surface area contributed by atoms with E-state index in [1.54, 1.807) is 0 Å². The van der Waals surface area contributed by atoms with E-state index in [9.17, 15) is 0 Å². The van der Waals surface area contributed by atoms with Gasteiger partial charge in [-0.1, -0.05) is 30.3 Å². The molecule has 1 unspecified atom stereocenters. The molecule has 1 aliphatic rings. The van der Waals surface area contributed by atoms with Gasteiger partial charge in [0.1, 0.15) is 6.79 Å². The Bertz CT molecular complexity index is 283. The Kier molecular flexibility index (Phi) is 4.80.